The van der Waals surface area contributed by atoms with Crippen molar-refractivity contribution in [3.63, 3.8) is 0 Å². The van der Waals surface area contributed by atoms with Crippen LogP contribution in [0.5, 0.6) is 0 Å². The van der Waals surface area contributed by atoms with Gasteiger partial charge in [-0.05, 0) is 32.0 Å². The predicted molar refractivity (Wildman–Crippen MR) is 81.4 cm³/mol. The van der Waals surface area contributed by atoms with Crippen LogP contribution in [-0.2, 0) is 6.42 Å². The van der Waals surface area contributed by atoms with E-state index in [0.717, 1.165) is 18.0 Å². The molecule has 0 aliphatic rings. The van der Waals surface area contributed by atoms with Crippen LogP contribution in [0.3, 0.4) is 0 Å². The van der Waals surface area contributed by atoms with Crippen molar-refractivity contribution in [2.24, 2.45) is 0 Å². The Kier molecular flexibility index (Phi) is 4.92. The van der Waals surface area contributed by atoms with Crippen LogP contribution in [0.15, 0.2) is 34.9 Å². The van der Waals surface area contributed by atoms with Crippen molar-refractivity contribution >= 4 is 27.3 Å². The van der Waals surface area contributed by atoms with Crippen LogP contribution < -0.4 is 5.32 Å². The van der Waals surface area contributed by atoms with E-state index in [4.69, 9.17) is 0 Å². The van der Waals surface area contributed by atoms with Gasteiger partial charge in [-0.1, -0.05) is 34.1 Å². The molecule has 1 aromatic carbocycles. The van der Waals surface area contributed by atoms with Crippen molar-refractivity contribution < 1.29 is 0 Å². The molecule has 0 saturated carbocycles. The zero-order valence-electron chi connectivity index (χ0n) is 10.6. The summed E-state index contributed by atoms with van der Waals surface area (Å²) in [6, 6.07) is 8.46. The smallest absolute Gasteiger partial charge is 0.0896 e. The van der Waals surface area contributed by atoms with Crippen molar-refractivity contribution in [2.75, 3.05) is 13.6 Å². The third kappa shape index (κ3) is 3.40. The molecule has 1 atom stereocenters. The lowest BCUT2D eigenvalue weighted by Gasteiger charge is -2.17. The molecule has 18 heavy (non-hydrogen) atoms. The van der Waals surface area contributed by atoms with E-state index in [1.54, 1.807) is 11.3 Å². The third-order valence-corrected chi connectivity index (χ3v) is 4.57. The van der Waals surface area contributed by atoms with Crippen molar-refractivity contribution in [1.29, 1.82) is 0 Å². The minimum absolute atomic E-state index is 0.477. The van der Waals surface area contributed by atoms with E-state index in [1.165, 1.54) is 14.9 Å². The van der Waals surface area contributed by atoms with Gasteiger partial charge >= 0.3 is 0 Å². The molecule has 0 bridgehead atoms. The fourth-order valence-corrected chi connectivity index (χ4v) is 3.57. The maximum atomic E-state index is 4.33. The van der Waals surface area contributed by atoms with Gasteiger partial charge in [0.05, 0.1) is 5.01 Å². The Balaban J connectivity index is 2.20. The molecule has 0 aliphatic carbocycles. The average molecular weight is 325 g/mol. The Morgan fingerprint density at radius 2 is 2.17 bits per heavy atom. The summed E-state index contributed by atoms with van der Waals surface area (Å²) < 4.78 is 1.19. The monoisotopic (exact) mass is 324 g/mol. The summed E-state index contributed by atoms with van der Waals surface area (Å²) in [4.78, 5) is 5.68. The number of nitrogens with one attached hydrogen (secondary N) is 1. The van der Waals surface area contributed by atoms with Crippen molar-refractivity contribution in [3.05, 3.63) is 50.4 Å². The first-order chi connectivity index (χ1) is 8.70. The van der Waals surface area contributed by atoms with Gasteiger partial charge in [0.1, 0.15) is 0 Å². The van der Waals surface area contributed by atoms with Crippen LogP contribution in [0.4, 0.5) is 0 Å². The Morgan fingerprint density at radius 1 is 1.39 bits per heavy atom. The standard InChI is InChI=1S/C14H17BrN2S/c1-10-17-9-12(18-10)7-11(8-16-2)13-5-3-4-6-14(13)15/h3-6,9,11,16H,7-8H2,1-2H3. The van der Waals surface area contributed by atoms with Crippen LogP contribution in [0, 0.1) is 6.92 Å². The lowest BCUT2D eigenvalue weighted by molar-refractivity contribution is 0.627. The number of halogens is 1. The van der Waals surface area contributed by atoms with Gasteiger partial charge in [0.2, 0.25) is 0 Å². The Labute approximate surface area is 121 Å². The lowest BCUT2D eigenvalue weighted by Crippen LogP contribution is -2.19. The molecule has 0 saturated heterocycles. The summed E-state index contributed by atoms with van der Waals surface area (Å²) in [5.41, 5.74) is 1.36. The van der Waals surface area contributed by atoms with Crippen molar-refractivity contribution in [1.82, 2.24) is 10.3 Å². The number of aryl methyl sites for hydroxylation is 1. The molecule has 0 aliphatic heterocycles. The second kappa shape index (κ2) is 6.45. The van der Waals surface area contributed by atoms with Crippen LogP contribution in [-0.4, -0.2) is 18.6 Å². The quantitative estimate of drug-likeness (QED) is 0.905. The van der Waals surface area contributed by atoms with Gasteiger partial charge in [-0.2, -0.15) is 0 Å². The van der Waals surface area contributed by atoms with Crippen LogP contribution in [0.25, 0.3) is 0 Å². The first kappa shape index (κ1) is 13.7. The number of hydrogen-bond acceptors (Lipinski definition) is 3. The number of likely N-dealkylation sites (N-methyl/N-ethyl adjacent to an activating group) is 1. The highest BCUT2D eigenvalue weighted by atomic mass is 79.9. The Bertz CT molecular complexity index is 510. The number of nitrogens with zero attached hydrogens (tertiary/aromatic N) is 1. The summed E-state index contributed by atoms with van der Waals surface area (Å²) in [6.45, 7) is 3.03. The molecule has 2 rings (SSSR count). The number of rotatable bonds is 5. The van der Waals surface area contributed by atoms with Crippen LogP contribution in [0.2, 0.25) is 0 Å². The summed E-state index contributed by atoms with van der Waals surface area (Å²) in [6.07, 6.45) is 3.04. The number of hydrogen-bond donors (Lipinski definition) is 1. The molecule has 1 N–H and O–H groups in total. The molecule has 1 aromatic heterocycles. The van der Waals surface area contributed by atoms with Gasteiger partial charge in [-0.15, -0.1) is 11.3 Å². The zero-order chi connectivity index (χ0) is 13.0. The largest absolute Gasteiger partial charge is 0.319 e. The predicted octanol–water partition coefficient (Wildman–Crippen LogP) is 3.76. The SMILES string of the molecule is CNCC(Cc1cnc(C)s1)c1ccccc1Br. The highest BCUT2D eigenvalue weighted by Crippen LogP contribution is 2.28. The molecule has 2 aromatic rings. The van der Waals surface area contributed by atoms with Gasteiger partial charge in [-0.3, -0.25) is 0 Å². The lowest BCUT2D eigenvalue weighted by atomic mass is 9.95. The molecular weight excluding hydrogens is 308 g/mol. The molecule has 0 amide bonds. The van der Waals surface area contributed by atoms with Gasteiger partial charge in [-0.25, -0.2) is 4.98 Å². The summed E-state index contributed by atoms with van der Waals surface area (Å²) in [7, 11) is 2.00. The van der Waals surface area contributed by atoms with Gasteiger partial charge in [0, 0.05) is 28.0 Å². The highest BCUT2D eigenvalue weighted by molar-refractivity contribution is 9.10. The average Bonchev–Trinajstić information content (AvgIpc) is 2.75. The molecule has 0 spiro atoms. The zero-order valence-corrected chi connectivity index (χ0v) is 13.0. The molecule has 0 radical (unpaired) electrons. The van der Waals surface area contributed by atoms with Gasteiger partial charge in [0.25, 0.3) is 0 Å². The molecule has 1 unspecified atom stereocenters. The fourth-order valence-electron chi connectivity index (χ4n) is 2.09. The van der Waals surface area contributed by atoms with Gasteiger partial charge < -0.3 is 5.32 Å². The van der Waals surface area contributed by atoms with Crippen LogP contribution in [0.1, 0.15) is 21.4 Å². The topological polar surface area (TPSA) is 24.9 Å². The number of thiazole rings is 1. The molecule has 96 valence electrons. The summed E-state index contributed by atoms with van der Waals surface area (Å²) in [5.74, 6) is 0.477. The van der Waals surface area contributed by atoms with E-state index in [0.29, 0.717) is 5.92 Å². The van der Waals surface area contributed by atoms with Crippen LogP contribution >= 0.6 is 27.3 Å². The second-order valence-corrected chi connectivity index (χ2v) is 6.50. The maximum Gasteiger partial charge on any atom is 0.0896 e. The highest BCUT2D eigenvalue weighted by Gasteiger charge is 2.15. The minimum atomic E-state index is 0.477. The van der Waals surface area contributed by atoms with Gasteiger partial charge in [0.15, 0.2) is 0 Å². The molecular formula is C14H17BrN2S. The second-order valence-electron chi connectivity index (χ2n) is 4.33. The Morgan fingerprint density at radius 3 is 2.78 bits per heavy atom. The molecule has 4 heteroatoms. The normalized spacial score (nSPS) is 12.6. The third-order valence-electron chi connectivity index (χ3n) is 2.91. The van der Waals surface area contributed by atoms with E-state index in [-0.39, 0.29) is 0 Å². The molecule has 1 heterocycles. The summed E-state index contributed by atoms with van der Waals surface area (Å²) >= 11 is 5.43. The van der Waals surface area contributed by atoms with E-state index >= 15 is 0 Å². The van der Waals surface area contributed by atoms with Crippen molar-refractivity contribution in [3.8, 4) is 0 Å². The van der Waals surface area contributed by atoms with E-state index < -0.39 is 0 Å². The minimum Gasteiger partial charge on any atom is -0.319 e. The maximum absolute atomic E-state index is 4.33. The molecule has 0 fully saturated rings. The number of benzene rings is 1. The first-order valence-electron chi connectivity index (χ1n) is 6.01. The fraction of sp³-hybridized carbons (Fsp3) is 0.357. The number of aromatic nitrogens is 1. The van der Waals surface area contributed by atoms with E-state index in [1.807, 2.05) is 13.2 Å². The molecule has 2 nitrogen and oxygen atoms in total. The summed E-state index contributed by atoms with van der Waals surface area (Å²) in [5, 5.41) is 4.42. The first-order valence-corrected chi connectivity index (χ1v) is 7.62. The van der Waals surface area contributed by atoms with E-state index in [9.17, 15) is 0 Å². The Hall–Kier alpha value is -0.710. The van der Waals surface area contributed by atoms with Crippen molar-refractivity contribution in [2.45, 2.75) is 19.3 Å². The van der Waals surface area contributed by atoms with E-state index in [2.05, 4.69) is 57.4 Å².